The molecule has 0 spiro atoms. The molecule has 0 fully saturated rings. The van der Waals surface area contributed by atoms with Crippen LogP contribution < -0.4 is 0 Å². The minimum absolute atomic E-state index is 0.0335. The fourth-order valence-electron chi connectivity index (χ4n) is 2.98. The molecular weight excluding hydrogens is 296 g/mol. The first kappa shape index (κ1) is 15.6. The highest BCUT2D eigenvalue weighted by atomic mass is 19.1. The molecule has 2 aromatic carbocycles. The number of carbonyl (C=O) groups excluding carboxylic acids is 1. The molecule has 0 amide bonds. The van der Waals surface area contributed by atoms with Crippen LogP contribution >= 0.6 is 0 Å². The molecule has 0 saturated heterocycles. The predicted molar refractivity (Wildman–Crippen MR) is 85.8 cm³/mol. The number of aldehydes is 1. The lowest BCUT2D eigenvalue weighted by molar-refractivity contribution is -0.108. The van der Waals surface area contributed by atoms with Gasteiger partial charge in [-0.05, 0) is 29.3 Å². The van der Waals surface area contributed by atoms with Gasteiger partial charge in [-0.25, -0.2) is 8.78 Å². The fourth-order valence-corrected chi connectivity index (χ4v) is 2.98. The highest BCUT2D eigenvalue weighted by molar-refractivity contribution is 5.70. The number of benzene rings is 2. The summed E-state index contributed by atoms with van der Waals surface area (Å²) in [6.07, 6.45) is 3.25. The number of halogens is 2. The zero-order valence-corrected chi connectivity index (χ0v) is 12.6. The van der Waals surface area contributed by atoms with Crippen LogP contribution in [0.4, 0.5) is 8.78 Å². The standard InChI is InChI=1S/C19H17F2NO/c20-16-7-8-18(21)17(12-16)15-11-19(14-5-2-1-3-6-14)22(13-15)9-4-10-23/h1-3,5-8,10-12,19H,4,9,13H2/t19-/m0/s1. The van der Waals surface area contributed by atoms with Crippen LogP contribution in [0.2, 0.25) is 0 Å². The maximum Gasteiger partial charge on any atom is 0.130 e. The molecular formula is C19H17F2NO. The maximum atomic E-state index is 14.0. The monoisotopic (exact) mass is 313 g/mol. The second-order valence-corrected chi connectivity index (χ2v) is 5.60. The van der Waals surface area contributed by atoms with Gasteiger partial charge in [0.1, 0.15) is 17.9 Å². The molecule has 1 aliphatic heterocycles. The summed E-state index contributed by atoms with van der Waals surface area (Å²) in [6, 6.07) is 13.3. The number of hydrogen-bond donors (Lipinski definition) is 0. The van der Waals surface area contributed by atoms with Crippen LogP contribution in [-0.2, 0) is 4.79 Å². The molecule has 0 unspecified atom stereocenters. The molecule has 0 aromatic heterocycles. The summed E-state index contributed by atoms with van der Waals surface area (Å²) in [4.78, 5) is 12.8. The Balaban J connectivity index is 1.95. The zero-order valence-electron chi connectivity index (χ0n) is 12.6. The number of hydrogen-bond acceptors (Lipinski definition) is 2. The zero-order chi connectivity index (χ0) is 16.2. The number of rotatable bonds is 5. The van der Waals surface area contributed by atoms with Crippen LogP contribution in [0.3, 0.4) is 0 Å². The van der Waals surface area contributed by atoms with Crippen molar-refractivity contribution in [2.45, 2.75) is 12.5 Å². The molecule has 3 rings (SSSR count). The van der Waals surface area contributed by atoms with Crippen molar-refractivity contribution in [3.05, 3.63) is 77.4 Å². The third kappa shape index (κ3) is 3.37. The quantitative estimate of drug-likeness (QED) is 0.778. The van der Waals surface area contributed by atoms with E-state index in [9.17, 15) is 13.6 Å². The molecule has 2 aromatic rings. The molecule has 1 atom stereocenters. The smallest absolute Gasteiger partial charge is 0.130 e. The van der Waals surface area contributed by atoms with Crippen LogP contribution in [0.15, 0.2) is 54.6 Å². The van der Waals surface area contributed by atoms with Gasteiger partial charge in [-0.15, -0.1) is 0 Å². The van der Waals surface area contributed by atoms with Gasteiger partial charge >= 0.3 is 0 Å². The highest BCUT2D eigenvalue weighted by Gasteiger charge is 2.27. The van der Waals surface area contributed by atoms with Crippen LogP contribution in [0, 0.1) is 11.6 Å². The Bertz CT molecular complexity index is 727. The normalized spacial score (nSPS) is 18.0. The van der Waals surface area contributed by atoms with Crippen molar-refractivity contribution >= 4 is 11.9 Å². The minimum atomic E-state index is -0.454. The molecule has 118 valence electrons. The number of carbonyl (C=O) groups is 1. The summed E-state index contributed by atoms with van der Waals surface area (Å²) in [7, 11) is 0. The average molecular weight is 313 g/mol. The van der Waals surface area contributed by atoms with E-state index in [2.05, 4.69) is 4.90 Å². The van der Waals surface area contributed by atoms with Crippen LogP contribution in [0.5, 0.6) is 0 Å². The second-order valence-electron chi connectivity index (χ2n) is 5.60. The van der Waals surface area contributed by atoms with Gasteiger partial charge in [0, 0.05) is 25.1 Å². The molecule has 1 aliphatic rings. The van der Waals surface area contributed by atoms with Crippen molar-refractivity contribution in [1.82, 2.24) is 4.90 Å². The van der Waals surface area contributed by atoms with Crippen LogP contribution in [-0.4, -0.2) is 24.3 Å². The molecule has 0 N–H and O–H groups in total. The molecule has 2 nitrogen and oxygen atoms in total. The van der Waals surface area contributed by atoms with Crippen molar-refractivity contribution in [1.29, 1.82) is 0 Å². The Labute approximate surface area is 134 Å². The highest BCUT2D eigenvalue weighted by Crippen LogP contribution is 2.35. The summed E-state index contributed by atoms with van der Waals surface area (Å²) >= 11 is 0. The van der Waals surface area contributed by atoms with E-state index in [0.717, 1.165) is 29.6 Å². The van der Waals surface area contributed by atoms with Crippen molar-refractivity contribution in [2.24, 2.45) is 0 Å². The van der Waals surface area contributed by atoms with E-state index in [1.807, 2.05) is 36.4 Å². The second kappa shape index (κ2) is 6.84. The van der Waals surface area contributed by atoms with Gasteiger partial charge in [0.25, 0.3) is 0 Å². The van der Waals surface area contributed by atoms with Crippen LogP contribution in [0.25, 0.3) is 5.57 Å². The summed E-state index contributed by atoms with van der Waals surface area (Å²) in [6.45, 7) is 1.08. The number of nitrogens with zero attached hydrogens (tertiary/aromatic N) is 1. The predicted octanol–water partition coefficient (Wildman–Crippen LogP) is 3.99. The fraction of sp³-hybridized carbons (Fsp3) is 0.211. The van der Waals surface area contributed by atoms with Gasteiger partial charge in [0.15, 0.2) is 0 Å². The van der Waals surface area contributed by atoms with E-state index in [-0.39, 0.29) is 6.04 Å². The van der Waals surface area contributed by atoms with E-state index in [0.29, 0.717) is 25.1 Å². The van der Waals surface area contributed by atoms with Crippen molar-refractivity contribution in [3.8, 4) is 0 Å². The first-order valence-corrected chi connectivity index (χ1v) is 7.58. The summed E-state index contributed by atoms with van der Waals surface area (Å²) in [5.41, 5.74) is 2.12. The van der Waals surface area contributed by atoms with E-state index in [1.54, 1.807) is 0 Å². The van der Waals surface area contributed by atoms with E-state index < -0.39 is 11.6 Å². The minimum Gasteiger partial charge on any atom is -0.303 e. The Hall–Kier alpha value is -2.33. The largest absolute Gasteiger partial charge is 0.303 e. The van der Waals surface area contributed by atoms with Crippen molar-refractivity contribution in [2.75, 3.05) is 13.1 Å². The Morgan fingerprint density at radius 1 is 1.13 bits per heavy atom. The van der Waals surface area contributed by atoms with E-state index >= 15 is 0 Å². The topological polar surface area (TPSA) is 20.3 Å². The lowest BCUT2D eigenvalue weighted by atomic mass is 10.0. The lowest BCUT2D eigenvalue weighted by Gasteiger charge is -2.24. The summed E-state index contributed by atoms with van der Waals surface area (Å²) in [5, 5.41) is 0. The summed E-state index contributed by atoms with van der Waals surface area (Å²) in [5.74, 6) is -0.883. The Kier molecular flexibility index (Phi) is 4.63. The van der Waals surface area contributed by atoms with Crippen molar-refractivity contribution < 1.29 is 13.6 Å². The first-order valence-electron chi connectivity index (χ1n) is 7.58. The molecule has 0 bridgehead atoms. The molecule has 4 heteroatoms. The molecule has 0 aliphatic carbocycles. The van der Waals surface area contributed by atoms with Crippen molar-refractivity contribution in [3.63, 3.8) is 0 Å². The third-order valence-corrected chi connectivity index (χ3v) is 4.08. The molecule has 23 heavy (non-hydrogen) atoms. The van der Waals surface area contributed by atoms with E-state index in [4.69, 9.17) is 0 Å². The van der Waals surface area contributed by atoms with Gasteiger partial charge in [-0.1, -0.05) is 36.4 Å². The van der Waals surface area contributed by atoms with Crippen LogP contribution in [0.1, 0.15) is 23.6 Å². The average Bonchev–Trinajstić information content (AvgIpc) is 3.00. The lowest BCUT2D eigenvalue weighted by Crippen LogP contribution is -2.26. The molecule has 0 radical (unpaired) electrons. The maximum absolute atomic E-state index is 14.0. The Morgan fingerprint density at radius 2 is 1.91 bits per heavy atom. The molecule has 1 heterocycles. The molecule has 0 saturated carbocycles. The Morgan fingerprint density at radius 3 is 2.65 bits per heavy atom. The van der Waals surface area contributed by atoms with Gasteiger partial charge in [0.2, 0.25) is 0 Å². The van der Waals surface area contributed by atoms with Gasteiger partial charge < -0.3 is 4.79 Å². The van der Waals surface area contributed by atoms with Gasteiger partial charge in [0.05, 0.1) is 6.04 Å². The SMILES string of the molecule is O=CCCN1CC(c2cc(F)ccc2F)=C[C@H]1c1ccccc1. The van der Waals surface area contributed by atoms with Gasteiger partial charge in [-0.2, -0.15) is 0 Å². The first-order chi connectivity index (χ1) is 11.2. The van der Waals surface area contributed by atoms with E-state index in [1.165, 1.54) is 6.07 Å². The summed E-state index contributed by atoms with van der Waals surface area (Å²) < 4.78 is 27.5. The third-order valence-electron chi connectivity index (χ3n) is 4.08. The van der Waals surface area contributed by atoms with Gasteiger partial charge in [-0.3, -0.25) is 4.90 Å².